The average molecular weight is 443 g/mol. The highest BCUT2D eigenvalue weighted by Crippen LogP contribution is 2.76. The van der Waals surface area contributed by atoms with E-state index in [9.17, 15) is 10.2 Å². The summed E-state index contributed by atoms with van der Waals surface area (Å²) < 4.78 is 0. The fourth-order valence-corrected chi connectivity index (χ4v) is 10.9. The SMILES string of the molecule is CC(C)[C@@H]1CC[C@@]2(C)C1C1=CCC3[C@@]4(C)CC[C@@H](O)C(C)(C)C4CC[C@@]3(C)[C@]1(C)C[C@@H]2O. The highest BCUT2D eigenvalue weighted by atomic mass is 16.3. The number of hydrogen-bond donors (Lipinski definition) is 2. The molecule has 0 saturated heterocycles. The van der Waals surface area contributed by atoms with Gasteiger partial charge >= 0.3 is 0 Å². The first-order chi connectivity index (χ1) is 14.7. The molecule has 2 nitrogen and oxygen atoms in total. The summed E-state index contributed by atoms with van der Waals surface area (Å²) in [7, 11) is 0. The first kappa shape index (κ1) is 23.4. The Kier molecular flexibility index (Phi) is 5.02. The van der Waals surface area contributed by atoms with Crippen LogP contribution < -0.4 is 0 Å². The molecule has 0 radical (unpaired) electrons. The number of aliphatic hydroxyl groups is 2. The Balaban J connectivity index is 1.61. The summed E-state index contributed by atoms with van der Waals surface area (Å²) in [4.78, 5) is 0. The molecule has 0 aliphatic heterocycles. The molecule has 0 aromatic carbocycles. The minimum absolute atomic E-state index is 0.00192. The van der Waals surface area contributed by atoms with Crippen molar-refractivity contribution in [1.29, 1.82) is 0 Å². The van der Waals surface area contributed by atoms with Crippen LogP contribution in [-0.4, -0.2) is 22.4 Å². The van der Waals surface area contributed by atoms with Gasteiger partial charge in [-0.25, -0.2) is 0 Å². The number of rotatable bonds is 1. The maximum Gasteiger partial charge on any atom is 0.0608 e. The molecule has 0 amide bonds. The van der Waals surface area contributed by atoms with Gasteiger partial charge in [0.05, 0.1) is 12.2 Å². The molecule has 5 aliphatic carbocycles. The van der Waals surface area contributed by atoms with Crippen LogP contribution in [0.5, 0.6) is 0 Å². The molecule has 0 heterocycles. The maximum absolute atomic E-state index is 11.7. The predicted molar refractivity (Wildman–Crippen MR) is 132 cm³/mol. The van der Waals surface area contributed by atoms with Crippen molar-refractivity contribution in [2.75, 3.05) is 0 Å². The molecule has 5 aliphatic rings. The molecule has 0 bridgehead atoms. The smallest absolute Gasteiger partial charge is 0.0608 e. The van der Waals surface area contributed by atoms with E-state index in [4.69, 9.17) is 0 Å². The molecule has 182 valence electrons. The highest BCUT2D eigenvalue weighted by molar-refractivity contribution is 5.35. The third kappa shape index (κ3) is 2.61. The van der Waals surface area contributed by atoms with Gasteiger partial charge in [-0.05, 0) is 103 Å². The topological polar surface area (TPSA) is 40.5 Å². The Bertz CT molecular complexity index is 812. The summed E-state index contributed by atoms with van der Waals surface area (Å²) in [6, 6.07) is 0. The van der Waals surface area contributed by atoms with Gasteiger partial charge in [0.15, 0.2) is 0 Å². The Hall–Kier alpha value is -0.340. The molecule has 0 aromatic heterocycles. The molecule has 32 heavy (non-hydrogen) atoms. The second-order valence-corrected chi connectivity index (χ2v) is 14.8. The van der Waals surface area contributed by atoms with Gasteiger partial charge in [-0.15, -0.1) is 0 Å². The largest absolute Gasteiger partial charge is 0.393 e. The summed E-state index contributed by atoms with van der Waals surface area (Å²) >= 11 is 0. The van der Waals surface area contributed by atoms with Crippen molar-refractivity contribution >= 4 is 0 Å². The van der Waals surface area contributed by atoms with E-state index in [2.05, 4.69) is 61.5 Å². The first-order valence-electron chi connectivity index (χ1n) is 13.8. The van der Waals surface area contributed by atoms with Crippen molar-refractivity contribution < 1.29 is 10.2 Å². The van der Waals surface area contributed by atoms with E-state index in [-0.39, 0.29) is 39.3 Å². The number of hydrogen-bond acceptors (Lipinski definition) is 2. The molecule has 0 aromatic rings. The van der Waals surface area contributed by atoms with Crippen molar-refractivity contribution in [3.05, 3.63) is 11.6 Å². The minimum atomic E-state index is -0.191. The second kappa shape index (κ2) is 6.87. The molecule has 10 atom stereocenters. The van der Waals surface area contributed by atoms with Gasteiger partial charge in [-0.2, -0.15) is 0 Å². The lowest BCUT2D eigenvalue weighted by Crippen LogP contribution is -2.65. The van der Waals surface area contributed by atoms with Gasteiger partial charge in [-0.1, -0.05) is 67.0 Å². The molecule has 2 N–H and O–H groups in total. The van der Waals surface area contributed by atoms with Gasteiger partial charge < -0.3 is 10.2 Å². The van der Waals surface area contributed by atoms with Crippen LogP contribution in [0, 0.1) is 56.7 Å². The summed E-state index contributed by atoms with van der Waals surface area (Å²) in [5.74, 6) is 3.16. The summed E-state index contributed by atoms with van der Waals surface area (Å²) in [6.45, 7) is 19.6. The van der Waals surface area contributed by atoms with E-state index < -0.39 is 0 Å². The Morgan fingerprint density at radius 1 is 0.812 bits per heavy atom. The van der Waals surface area contributed by atoms with E-state index in [0.29, 0.717) is 29.6 Å². The van der Waals surface area contributed by atoms with Crippen LogP contribution in [0.3, 0.4) is 0 Å². The van der Waals surface area contributed by atoms with E-state index >= 15 is 0 Å². The Morgan fingerprint density at radius 2 is 1.47 bits per heavy atom. The molecule has 3 unspecified atom stereocenters. The van der Waals surface area contributed by atoms with Crippen molar-refractivity contribution in [2.24, 2.45) is 56.7 Å². The van der Waals surface area contributed by atoms with Gasteiger partial charge in [0, 0.05) is 5.41 Å². The van der Waals surface area contributed by atoms with Gasteiger partial charge in [-0.3, -0.25) is 0 Å². The number of fused-ring (bicyclic) bond motifs is 7. The van der Waals surface area contributed by atoms with Crippen LogP contribution in [0.25, 0.3) is 0 Å². The van der Waals surface area contributed by atoms with Crippen molar-refractivity contribution in [2.45, 2.75) is 119 Å². The lowest BCUT2D eigenvalue weighted by Gasteiger charge is -2.71. The third-order valence-electron chi connectivity index (χ3n) is 13.2. The number of allylic oxidation sites excluding steroid dienone is 2. The molecular formula is C30H50O2. The van der Waals surface area contributed by atoms with Crippen LogP contribution in [-0.2, 0) is 0 Å². The fourth-order valence-electron chi connectivity index (χ4n) is 10.9. The molecule has 4 fully saturated rings. The maximum atomic E-state index is 11.7. The number of aliphatic hydroxyl groups excluding tert-OH is 2. The first-order valence-corrected chi connectivity index (χ1v) is 13.8. The Morgan fingerprint density at radius 3 is 2.12 bits per heavy atom. The molecule has 0 spiro atoms. The van der Waals surface area contributed by atoms with Gasteiger partial charge in [0.1, 0.15) is 0 Å². The molecule has 2 heteroatoms. The predicted octanol–water partition coefficient (Wildman–Crippen LogP) is 7.00. The van der Waals surface area contributed by atoms with Crippen LogP contribution in [0.15, 0.2) is 11.6 Å². The zero-order valence-electron chi connectivity index (χ0n) is 22.2. The normalized spacial score (nSPS) is 56.7. The third-order valence-corrected chi connectivity index (χ3v) is 13.2. The zero-order valence-corrected chi connectivity index (χ0v) is 22.2. The van der Waals surface area contributed by atoms with Gasteiger partial charge in [0.2, 0.25) is 0 Å². The summed E-state index contributed by atoms with van der Waals surface area (Å²) in [5, 5.41) is 22.6. The van der Waals surface area contributed by atoms with Crippen LogP contribution >= 0.6 is 0 Å². The van der Waals surface area contributed by atoms with Crippen molar-refractivity contribution in [3.63, 3.8) is 0 Å². The fraction of sp³-hybridized carbons (Fsp3) is 0.933. The summed E-state index contributed by atoms with van der Waals surface area (Å²) in [6.07, 6.45) is 11.5. The highest BCUT2D eigenvalue weighted by Gasteiger charge is 2.69. The summed E-state index contributed by atoms with van der Waals surface area (Å²) in [5.41, 5.74) is 2.38. The van der Waals surface area contributed by atoms with Crippen LogP contribution in [0.2, 0.25) is 0 Å². The minimum Gasteiger partial charge on any atom is -0.393 e. The van der Waals surface area contributed by atoms with Gasteiger partial charge in [0.25, 0.3) is 0 Å². The average Bonchev–Trinajstić information content (AvgIpc) is 3.05. The quantitative estimate of drug-likeness (QED) is 0.429. The van der Waals surface area contributed by atoms with Crippen molar-refractivity contribution in [1.82, 2.24) is 0 Å². The van der Waals surface area contributed by atoms with E-state index in [1.807, 2.05) is 0 Å². The van der Waals surface area contributed by atoms with Crippen LogP contribution in [0.1, 0.15) is 107 Å². The standard InChI is InChI=1S/C30H50O2/c1-18(2)19-11-14-28(6)24(32)17-30(8)20(25(19)28)9-10-22-27(5)15-13-23(31)26(3,4)21(27)12-16-29(22,30)7/h9,18-19,21-25,31-32H,10-17H2,1-8H3/t19-,21?,22?,23+,24-,25?,27-,28+,29+,30+/m0/s1. The lowest BCUT2D eigenvalue weighted by molar-refractivity contribution is -0.209. The van der Waals surface area contributed by atoms with E-state index in [1.54, 1.807) is 5.57 Å². The molecular weight excluding hydrogens is 392 g/mol. The molecule has 4 saturated carbocycles. The molecule has 5 rings (SSSR count). The lowest BCUT2D eigenvalue weighted by atomic mass is 9.34. The Labute approximate surface area is 197 Å². The zero-order chi connectivity index (χ0) is 23.5. The van der Waals surface area contributed by atoms with E-state index in [1.165, 1.54) is 32.1 Å². The van der Waals surface area contributed by atoms with E-state index in [0.717, 1.165) is 19.3 Å². The van der Waals surface area contributed by atoms with Crippen LogP contribution in [0.4, 0.5) is 0 Å². The van der Waals surface area contributed by atoms with Crippen molar-refractivity contribution in [3.8, 4) is 0 Å². The monoisotopic (exact) mass is 442 g/mol. The second-order valence-electron chi connectivity index (χ2n) is 14.8.